The molecule has 110 valence electrons. The molecule has 1 aromatic carbocycles. The third kappa shape index (κ3) is 3.05. The zero-order valence-corrected chi connectivity index (χ0v) is 12.3. The molecule has 4 heteroatoms. The quantitative estimate of drug-likeness (QED) is 0.901. The SMILES string of the molecule is CC1NCCC1C(=O)NCCc1cccc2cccnc12. The molecule has 1 aliphatic rings. The molecule has 21 heavy (non-hydrogen) atoms. The third-order valence-electron chi connectivity index (χ3n) is 4.27. The lowest BCUT2D eigenvalue weighted by Crippen LogP contribution is -2.37. The fourth-order valence-electron chi connectivity index (χ4n) is 3.04. The number of hydrogen-bond acceptors (Lipinski definition) is 3. The second-order valence-electron chi connectivity index (χ2n) is 5.67. The van der Waals surface area contributed by atoms with E-state index in [1.807, 2.05) is 18.3 Å². The molecule has 1 aromatic heterocycles. The maximum Gasteiger partial charge on any atom is 0.224 e. The van der Waals surface area contributed by atoms with Crippen molar-refractivity contribution in [2.75, 3.05) is 13.1 Å². The van der Waals surface area contributed by atoms with Crippen molar-refractivity contribution in [1.29, 1.82) is 0 Å². The number of fused-ring (bicyclic) bond motifs is 1. The number of carbonyl (C=O) groups is 1. The highest BCUT2D eigenvalue weighted by atomic mass is 16.1. The van der Waals surface area contributed by atoms with Crippen LogP contribution in [0.3, 0.4) is 0 Å². The Balaban J connectivity index is 1.61. The molecule has 0 spiro atoms. The Kier molecular flexibility index (Phi) is 4.15. The van der Waals surface area contributed by atoms with Crippen LogP contribution >= 0.6 is 0 Å². The molecule has 1 aliphatic heterocycles. The molecule has 2 N–H and O–H groups in total. The zero-order chi connectivity index (χ0) is 14.7. The fraction of sp³-hybridized carbons (Fsp3) is 0.412. The Morgan fingerprint density at radius 1 is 1.38 bits per heavy atom. The number of benzene rings is 1. The van der Waals surface area contributed by atoms with Crippen molar-refractivity contribution in [1.82, 2.24) is 15.6 Å². The molecule has 0 bridgehead atoms. The monoisotopic (exact) mass is 283 g/mol. The van der Waals surface area contributed by atoms with Crippen LogP contribution in [0.25, 0.3) is 10.9 Å². The topological polar surface area (TPSA) is 54.0 Å². The third-order valence-corrected chi connectivity index (χ3v) is 4.27. The summed E-state index contributed by atoms with van der Waals surface area (Å²) >= 11 is 0. The standard InChI is InChI=1S/C17H21N3O/c1-12-15(8-11-18-12)17(21)20-10-7-14-5-2-4-13-6-3-9-19-16(13)14/h2-6,9,12,15,18H,7-8,10-11H2,1H3,(H,20,21). The Morgan fingerprint density at radius 3 is 3.05 bits per heavy atom. The van der Waals surface area contributed by atoms with Crippen LogP contribution in [0.15, 0.2) is 36.5 Å². The van der Waals surface area contributed by atoms with Gasteiger partial charge in [0.05, 0.1) is 11.4 Å². The number of nitrogens with zero attached hydrogens (tertiary/aromatic N) is 1. The Hall–Kier alpha value is -1.94. The zero-order valence-electron chi connectivity index (χ0n) is 12.3. The van der Waals surface area contributed by atoms with Gasteiger partial charge in [-0.15, -0.1) is 0 Å². The van der Waals surface area contributed by atoms with Crippen LogP contribution in [0, 0.1) is 5.92 Å². The molecule has 2 aromatic rings. The van der Waals surface area contributed by atoms with E-state index in [9.17, 15) is 4.79 Å². The van der Waals surface area contributed by atoms with Crippen LogP contribution in [0.5, 0.6) is 0 Å². The van der Waals surface area contributed by atoms with Gasteiger partial charge in [0.15, 0.2) is 0 Å². The number of hydrogen-bond donors (Lipinski definition) is 2. The minimum atomic E-state index is 0.107. The molecule has 1 amide bonds. The van der Waals surface area contributed by atoms with Crippen LogP contribution in [-0.2, 0) is 11.2 Å². The first kappa shape index (κ1) is 14.0. The number of aromatic nitrogens is 1. The lowest BCUT2D eigenvalue weighted by Gasteiger charge is -2.15. The molecule has 0 radical (unpaired) electrons. The lowest BCUT2D eigenvalue weighted by atomic mass is 10.0. The summed E-state index contributed by atoms with van der Waals surface area (Å²) in [7, 11) is 0. The summed E-state index contributed by atoms with van der Waals surface area (Å²) in [6, 6.07) is 10.5. The van der Waals surface area contributed by atoms with Crippen molar-refractivity contribution in [2.24, 2.45) is 5.92 Å². The molecule has 3 rings (SSSR count). The van der Waals surface area contributed by atoms with Crippen molar-refractivity contribution in [3.8, 4) is 0 Å². The van der Waals surface area contributed by atoms with Crippen molar-refractivity contribution >= 4 is 16.8 Å². The van der Waals surface area contributed by atoms with E-state index in [2.05, 4.69) is 40.7 Å². The second kappa shape index (κ2) is 6.22. The molecule has 1 fully saturated rings. The first-order chi connectivity index (χ1) is 10.3. The van der Waals surface area contributed by atoms with E-state index >= 15 is 0 Å². The number of rotatable bonds is 4. The van der Waals surface area contributed by atoms with Crippen molar-refractivity contribution < 1.29 is 4.79 Å². The highest BCUT2D eigenvalue weighted by molar-refractivity contribution is 5.82. The minimum absolute atomic E-state index is 0.107. The number of amides is 1. The van der Waals surface area contributed by atoms with E-state index in [0.29, 0.717) is 6.54 Å². The van der Waals surface area contributed by atoms with Crippen molar-refractivity contribution in [2.45, 2.75) is 25.8 Å². The maximum absolute atomic E-state index is 12.1. The first-order valence-electron chi connectivity index (χ1n) is 7.59. The average Bonchev–Trinajstić information content (AvgIpc) is 2.93. The van der Waals surface area contributed by atoms with E-state index in [1.54, 1.807) is 0 Å². The molecule has 0 aliphatic carbocycles. The largest absolute Gasteiger partial charge is 0.355 e. The summed E-state index contributed by atoms with van der Waals surface area (Å²) in [5.41, 5.74) is 2.22. The summed E-state index contributed by atoms with van der Waals surface area (Å²) < 4.78 is 0. The molecule has 2 heterocycles. The number of pyridine rings is 1. The van der Waals surface area contributed by atoms with Gasteiger partial charge in [0.25, 0.3) is 0 Å². The van der Waals surface area contributed by atoms with Gasteiger partial charge >= 0.3 is 0 Å². The number of carbonyl (C=O) groups excluding carboxylic acids is 1. The number of nitrogens with one attached hydrogen (secondary N) is 2. The maximum atomic E-state index is 12.1. The Morgan fingerprint density at radius 2 is 2.24 bits per heavy atom. The predicted octanol–water partition coefficient (Wildman–Crippen LogP) is 1.89. The molecule has 2 atom stereocenters. The van der Waals surface area contributed by atoms with Gasteiger partial charge in [-0.2, -0.15) is 0 Å². The van der Waals surface area contributed by atoms with Crippen LogP contribution < -0.4 is 10.6 Å². The van der Waals surface area contributed by atoms with E-state index in [0.717, 1.165) is 30.3 Å². The second-order valence-corrected chi connectivity index (χ2v) is 5.67. The summed E-state index contributed by atoms with van der Waals surface area (Å²) in [6.07, 6.45) is 3.56. The van der Waals surface area contributed by atoms with Crippen LogP contribution in [0.1, 0.15) is 18.9 Å². The molecule has 4 nitrogen and oxygen atoms in total. The average molecular weight is 283 g/mol. The van der Waals surface area contributed by atoms with Gasteiger partial charge in [-0.1, -0.05) is 24.3 Å². The summed E-state index contributed by atoms with van der Waals surface area (Å²) in [4.78, 5) is 16.6. The predicted molar refractivity (Wildman–Crippen MR) is 84.0 cm³/mol. The summed E-state index contributed by atoms with van der Waals surface area (Å²) in [6.45, 7) is 3.68. The summed E-state index contributed by atoms with van der Waals surface area (Å²) in [5, 5.41) is 7.52. The van der Waals surface area contributed by atoms with Crippen molar-refractivity contribution in [3.63, 3.8) is 0 Å². The summed E-state index contributed by atoms with van der Waals surface area (Å²) in [5.74, 6) is 0.274. The highest BCUT2D eigenvalue weighted by Gasteiger charge is 2.28. The van der Waals surface area contributed by atoms with E-state index in [4.69, 9.17) is 0 Å². The van der Waals surface area contributed by atoms with Crippen molar-refractivity contribution in [3.05, 3.63) is 42.1 Å². The molecular weight excluding hydrogens is 262 g/mol. The fourth-order valence-corrected chi connectivity index (χ4v) is 3.04. The van der Waals surface area contributed by atoms with Crippen LogP contribution in [0.2, 0.25) is 0 Å². The van der Waals surface area contributed by atoms with Crippen LogP contribution in [0.4, 0.5) is 0 Å². The van der Waals surface area contributed by atoms with E-state index in [-0.39, 0.29) is 17.9 Å². The van der Waals surface area contributed by atoms with Gasteiger partial charge in [-0.25, -0.2) is 0 Å². The van der Waals surface area contributed by atoms with E-state index in [1.165, 1.54) is 5.56 Å². The first-order valence-corrected chi connectivity index (χ1v) is 7.59. The van der Waals surface area contributed by atoms with Gasteiger partial charge in [-0.3, -0.25) is 9.78 Å². The Bertz CT molecular complexity index is 635. The van der Waals surface area contributed by atoms with Gasteiger partial charge in [-0.05, 0) is 37.9 Å². The molecule has 1 saturated heterocycles. The Labute approximate surface area is 125 Å². The smallest absolute Gasteiger partial charge is 0.224 e. The molecule has 2 unspecified atom stereocenters. The number of para-hydroxylation sites is 1. The normalized spacial score (nSPS) is 21.6. The van der Waals surface area contributed by atoms with Gasteiger partial charge in [0, 0.05) is 24.2 Å². The highest BCUT2D eigenvalue weighted by Crippen LogP contribution is 2.17. The minimum Gasteiger partial charge on any atom is -0.355 e. The van der Waals surface area contributed by atoms with Gasteiger partial charge in [0.2, 0.25) is 5.91 Å². The van der Waals surface area contributed by atoms with Crippen LogP contribution in [-0.4, -0.2) is 30.0 Å². The van der Waals surface area contributed by atoms with Gasteiger partial charge in [0.1, 0.15) is 0 Å². The molecular formula is C17H21N3O. The lowest BCUT2D eigenvalue weighted by molar-refractivity contribution is -0.125. The van der Waals surface area contributed by atoms with Gasteiger partial charge < -0.3 is 10.6 Å². The van der Waals surface area contributed by atoms with E-state index < -0.39 is 0 Å². The molecule has 0 saturated carbocycles.